The molecule has 1 aliphatic carbocycles. The molecule has 0 unspecified atom stereocenters. The third-order valence-electron chi connectivity index (χ3n) is 3.70. The van der Waals surface area contributed by atoms with Crippen LogP contribution >= 0.6 is 0 Å². The fourth-order valence-electron chi connectivity index (χ4n) is 1.98. The van der Waals surface area contributed by atoms with Gasteiger partial charge in [-0.25, -0.2) is 0 Å². The molecule has 0 aromatic heterocycles. The van der Waals surface area contributed by atoms with E-state index < -0.39 is 0 Å². The Labute approximate surface area is 75.8 Å². The molecule has 1 fully saturated rings. The van der Waals surface area contributed by atoms with E-state index in [9.17, 15) is 0 Å². The Hall–Kier alpha value is -0.510. The van der Waals surface area contributed by atoms with Gasteiger partial charge in [-0.1, -0.05) is 20.8 Å². The minimum Gasteiger partial charge on any atom is -0.198 e. The molecule has 0 aromatic rings. The standard InChI is InChI=1S/C11H19N/c1-9(2)11(3)6-4-10(8-12)5-7-11/h9-10H,4-7H2,1-3H3. The predicted octanol–water partition coefficient (Wildman–Crippen LogP) is 3.36. The van der Waals surface area contributed by atoms with Crippen LogP contribution in [-0.2, 0) is 0 Å². The zero-order chi connectivity index (χ0) is 9.19. The molecular weight excluding hydrogens is 146 g/mol. The van der Waals surface area contributed by atoms with Crippen LogP contribution in [0.15, 0.2) is 0 Å². The molecule has 1 aliphatic rings. The maximum Gasteiger partial charge on any atom is 0.0655 e. The second-order valence-corrected chi connectivity index (χ2v) is 4.71. The summed E-state index contributed by atoms with van der Waals surface area (Å²) in [7, 11) is 0. The van der Waals surface area contributed by atoms with Crippen LogP contribution in [0.3, 0.4) is 0 Å². The Morgan fingerprint density at radius 3 is 2.17 bits per heavy atom. The summed E-state index contributed by atoms with van der Waals surface area (Å²) in [4.78, 5) is 0. The van der Waals surface area contributed by atoms with Gasteiger partial charge in [0.25, 0.3) is 0 Å². The average Bonchev–Trinajstić information content (AvgIpc) is 2.06. The van der Waals surface area contributed by atoms with Gasteiger partial charge in [-0.3, -0.25) is 0 Å². The van der Waals surface area contributed by atoms with E-state index in [1.54, 1.807) is 0 Å². The Kier molecular flexibility index (Phi) is 2.77. The number of hydrogen-bond donors (Lipinski definition) is 0. The lowest BCUT2D eigenvalue weighted by atomic mass is 9.66. The smallest absolute Gasteiger partial charge is 0.0655 e. The Morgan fingerprint density at radius 2 is 1.83 bits per heavy atom. The van der Waals surface area contributed by atoms with E-state index in [1.807, 2.05) is 0 Å². The highest BCUT2D eigenvalue weighted by Crippen LogP contribution is 2.43. The molecule has 0 radical (unpaired) electrons. The van der Waals surface area contributed by atoms with Crippen LogP contribution in [0.5, 0.6) is 0 Å². The molecule has 0 bridgehead atoms. The maximum absolute atomic E-state index is 8.75. The van der Waals surface area contributed by atoms with Crippen molar-refractivity contribution < 1.29 is 0 Å². The van der Waals surface area contributed by atoms with Crippen LogP contribution in [0.25, 0.3) is 0 Å². The summed E-state index contributed by atoms with van der Waals surface area (Å²) in [6.45, 7) is 6.96. The number of nitrogens with zero attached hydrogens (tertiary/aromatic N) is 1. The summed E-state index contributed by atoms with van der Waals surface area (Å²) in [5, 5.41) is 8.75. The zero-order valence-corrected chi connectivity index (χ0v) is 8.43. The van der Waals surface area contributed by atoms with E-state index >= 15 is 0 Å². The SMILES string of the molecule is CC(C)C1(C)CCC(C#N)CC1. The molecule has 1 heteroatoms. The maximum atomic E-state index is 8.75. The summed E-state index contributed by atoms with van der Waals surface area (Å²) in [5.74, 6) is 1.11. The normalized spacial score (nSPS) is 36.4. The quantitative estimate of drug-likeness (QED) is 0.584. The van der Waals surface area contributed by atoms with Crippen molar-refractivity contribution in [3.05, 3.63) is 0 Å². The molecule has 1 nitrogen and oxygen atoms in total. The second-order valence-electron chi connectivity index (χ2n) is 4.71. The van der Waals surface area contributed by atoms with Crippen molar-refractivity contribution in [1.82, 2.24) is 0 Å². The fraction of sp³-hybridized carbons (Fsp3) is 0.909. The van der Waals surface area contributed by atoms with Crippen LogP contribution in [0, 0.1) is 28.6 Å². The molecular formula is C11H19N. The molecule has 0 aromatic carbocycles. The van der Waals surface area contributed by atoms with Gasteiger partial charge in [0.1, 0.15) is 0 Å². The number of rotatable bonds is 1. The summed E-state index contributed by atoms with van der Waals surface area (Å²) in [6, 6.07) is 2.38. The van der Waals surface area contributed by atoms with Crippen LogP contribution in [0.4, 0.5) is 0 Å². The number of hydrogen-bond acceptors (Lipinski definition) is 1. The van der Waals surface area contributed by atoms with Gasteiger partial charge in [0.15, 0.2) is 0 Å². The monoisotopic (exact) mass is 165 g/mol. The molecule has 1 saturated carbocycles. The molecule has 0 atom stereocenters. The van der Waals surface area contributed by atoms with Gasteiger partial charge in [0.05, 0.1) is 6.07 Å². The Balaban J connectivity index is 2.51. The lowest BCUT2D eigenvalue weighted by Gasteiger charge is -2.38. The molecule has 0 spiro atoms. The highest BCUT2D eigenvalue weighted by atomic mass is 14.4. The second kappa shape index (κ2) is 3.47. The molecule has 12 heavy (non-hydrogen) atoms. The van der Waals surface area contributed by atoms with E-state index in [0.717, 1.165) is 18.8 Å². The first-order valence-corrected chi connectivity index (χ1v) is 4.98. The Bertz CT molecular complexity index is 180. The van der Waals surface area contributed by atoms with Crippen LogP contribution in [0.1, 0.15) is 46.5 Å². The highest BCUT2D eigenvalue weighted by molar-refractivity contribution is 4.92. The molecule has 0 aliphatic heterocycles. The van der Waals surface area contributed by atoms with E-state index in [4.69, 9.17) is 5.26 Å². The summed E-state index contributed by atoms with van der Waals surface area (Å²) >= 11 is 0. The molecule has 0 saturated heterocycles. The fourth-order valence-corrected chi connectivity index (χ4v) is 1.98. The topological polar surface area (TPSA) is 23.8 Å². The Morgan fingerprint density at radius 1 is 1.33 bits per heavy atom. The van der Waals surface area contributed by atoms with Crippen molar-refractivity contribution >= 4 is 0 Å². The van der Waals surface area contributed by atoms with E-state index in [2.05, 4.69) is 26.8 Å². The molecule has 1 rings (SSSR count). The van der Waals surface area contributed by atoms with Crippen molar-refractivity contribution in [2.75, 3.05) is 0 Å². The molecule has 0 amide bonds. The van der Waals surface area contributed by atoms with Crippen molar-refractivity contribution in [1.29, 1.82) is 5.26 Å². The van der Waals surface area contributed by atoms with Crippen molar-refractivity contribution in [2.24, 2.45) is 17.3 Å². The van der Waals surface area contributed by atoms with Crippen molar-refractivity contribution in [3.63, 3.8) is 0 Å². The van der Waals surface area contributed by atoms with Gasteiger partial charge >= 0.3 is 0 Å². The van der Waals surface area contributed by atoms with Gasteiger partial charge in [-0.15, -0.1) is 0 Å². The highest BCUT2D eigenvalue weighted by Gasteiger charge is 2.33. The van der Waals surface area contributed by atoms with E-state index in [0.29, 0.717) is 11.3 Å². The lowest BCUT2D eigenvalue weighted by molar-refractivity contribution is 0.126. The van der Waals surface area contributed by atoms with Crippen LogP contribution < -0.4 is 0 Å². The van der Waals surface area contributed by atoms with Gasteiger partial charge < -0.3 is 0 Å². The third-order valence-corrected chi connectivity index (χ3v) is 3.70. The van der Waals surface area contributed by atoms with Crippen molar-refractivity contribution in [3.8, 4) is 6.07 Å². The predicted molar refractivity (Wildman–Crippen MR) is 50.5 cm³/mol. The zero-order valence-electron chi connectivity index (χ0n) is 8.43. The van der Waals surface area contributed by atoms with Gasteiger partial charge in [-0.2, -0.15) is 5.26 Å². The molecule has 0 N–H and O–H groups in total. The first kappa shape index (κ1) is 9.58. The summed E-state index contributed by atoms with van der Waals surface area (Å²) in [6.07, 6.45) is 4.71. The average molecular weight is 165 g/mol. The number of nitriles is 1. The van der Waals surface area contributed by atoms with Gasteiger partial charge in [0.2, 0.25) is 0 Å². The summed E-state index contributed by atoms with van der Waals surface area (Å²) < 4.78 is 0. The minimum atomic E-state index is 0.344. The van der Waals surface area contributed by atoms with Crippen LogP contribution in [0.2, 0.25) is 0 Å². The van der Waals surface area contributed by atoms with Gasteiger partial charge in [0, 0.05) is 5.92 Å². The van der Waals surface area contributed by atoms with Crippen molar-refractivity contribution in [2.45, 2.75) is 46.5 Å². The molecule has 0 heterocycles. The minimum absolute atomic E-state index is 0.344. The molecule has 68 valence electrons. The third kappa shape index (κ3) is 1.80. The van der Waals surface area contributed by atoms with Crippen LogP contribution in [-0.4, -0.2) is 0 Å². The largest absolute Gasteiger partial charge is 0.198 e. The first-order chi connectivity index (χ1) is 5.58. The van der Waals surface area contributed by atoms with E-state index in [-0.39, 0.29) is 0 Å². The van der Waals surface area contributed by atoms with E-state index in [1.165, 1.54) is 12.8 Å². The first-order valence-electron chi connectivity index (χ1n) is 4.98. The summed E-state index contributed by atoms with van der Waals surface area (Å²) in [5.41, 5.74) is 0.507. The lowest BCUT2D eigenvalue weighted by Crippen LogP contribution is -2.28. The van der Waals surface area contributed by atoms with Gasteiger partial charge in [-0.05, 0) is 37.0 Å².